The molecule has 4 nitrogen and oxygen atoms in total. The van der Waals surface area contributed by atoms with Gasteiger partial charge in [0, 0.05) is 38.4 Å². The van der Waals surface area contributed by atoms with Crippen LogP contribution in [0.4, 0.5) is 0 Å². The van der Waals surface area contributed by atoms with Crippen LogP contribution >= 0.6 is 0 Å². The summed E-state index contributed by atoms with van der Waals surface area (Å²) in [6.45, 7) is 4.85. The molecule has 0 unspecified atom stereocenters. The zero-order valence-corrected chi connectivity index (χ0v) is 27.0. The molecule has 0 saturated carbocycles. The Bertz CT molecular complexity index is 2720. The predicted octanol–water partition coefficient (Wildman–Crippen LogP) is 9.61. The molecule has 6 aromatic carbocycles. The van der Waals surface area contributed by atoms with Gasteiger partial charge in [0.2, 0.25) is 0 Å². The summed E-state index contributed by atoms with van der Waals surface area (Å²) in [5.41, 5.74) is 10.5. The fourth-order valence-corrected chi connectivity index (χ4v) is 11.1. The molecule has 4 heterocycles. The second kappa shape index (κ2) is 9.61. The van der Waals surface area contributed by atoms with Gasteiger partial charge in [-0.05, 0) is 46.3 Å². The quantitative estimate of drug-likeness (QED) is 0.185. The smallest absolute Gasteiger partial charge is 0.160 e. The van der Waals surface area contributed by atoms with Crippen molar-refractivity contribution >= 4 is 62.2 Å². The summed E-state index contributed by atoms with van der Waals surface area (Å²) in [6, 6.07) is 49.4. The summed E-state index contributed by atoms with van der Waals surface area (Å²) in [5, 5.41) is 7.35. The normalized spacial score (nSPS) is 13.5. The highest BCUT2D eigenvalue weighted by atomic mass is 28.3. The number of nitrogens with zero attached hydrogens (tertiary/aromatic N) is 3. The number of aromatic nitrogens is 3. The Morgan fingerprint density at radius 2 is 1.28 bits per heavy atom. The first-order valence-corrected chi connectivity index (χ1v) is 19.1. The van der Waals surface area contributed by atoms with Crippen molar-refractivity contribution in [3.05, 3.63) is 140 Å². The van der Waals surface area contributed by atoms with E-state index in [0.717, 1.165) is 67.0 Å². The van der Waals surface area contributed by atoms with Gasteiger partial charge in [-0.25, -0.2) is 9.97 Å². The van der Waals surface area contributed by atoms with Crippen LogP contribution < -0.4 is 10.4 Å². The third-order valence-corrected chi connectivity index (χ3v) is 13.5. The summed E-state index contributed by atoms with van der Waals surface area (Å²) < 4.78 is 8.94. The minimum Gasteiger partial charge on any atom is -0.454 e. The van der Waals surface area contributed by atoms with Crippen LogP contribution in [0.15, 0.2) is 144 Å². The molecule has 1 aliphatic heterocycles. The average molecular weight is 620 g/mol. The van der Waals surface area contributed by atoms with Gasteiger partial charge in [0.05, 0.1) is 22.4 Å². The summed E-state index contributed by atoms with van der Waals surface area (Å²) in [4.78, 5) is 10.8. The van der Waals surface area contributed by atoms with Crippen molar-refractivity contribution in [2.75, 3.05) is 0 Å². The van der Waals surface area contributed by atoms with E-state index in [1.54, 1.807) is 0 Å². The van der Waals surface area contributed by atoms with Crippen LogP contribution in [0.5, 0.6) is 0 Å². The van der Waals surface area contributed by atoms with E-state index in [4.69, 9.17) is 14.4 Å². The molecule has 0 spiro atoms. The average Bonchev–Trinajstić information content (AvgIpc) is 3.74. The maximum absolute atomic E-state index is 6.60. The lowest BCUT2D eigenvalue weighted by atomic mass is 10.1. The fraction of sp³-hybridized carbons (Fsp3) is 0.0476. The Morgan fingerprint density at radius 3 is 2.17 bits per heavy atom. The Balaban J connectivity index is 1.25. The van der Waals surface area contributed by atoms with Crippen LogP contribution in [0, 0.1) is 0 Å². The standard InChI is InChI=1S/C42H29N3OSi/c1-47(2)36-22-11-8-19-33(36)38-41(47)37(26-13-4-3-5-14-26)43-42(44-38)27-15-12-16-28(25-27)45-34-20-9-6-17-29(34)31-23-24-32-30-18-7-10-21-35(30)46-40(32)39(31)45/h3-25H,1-2H3. The van der Waals surface area contributed by atoms with Crippen LogP contribution in [0.2, 0.25) is 13.1 Å². The van der Waals surface area contributed by atoms with E-state index in [2.05, 4.69) is 145 Å². The van der Waals surface area contributed by atoms with Gasteiger partial charge in [-0.1, -0.05) is 122 Å². The van der Waals surface area contributed by atoms with Gasteiger partial charge in [-0.2, -0.15) is 0 Å². The van der Waals surface area contributed by atoms with E-state index in [1.165, 1.54) is 26.7 Å². The lowest BCUT2D eigenvalue weighted by molar-refractivity contribution is 0.671. The monoisotopic (exact) mass is 619 g/mol. The highest BCUT2D eigenvalue weighted by Crippen LogP contribution is 2.41. The van der Waals surface area contributed by atoms with Crippen LogP contribution in [0.1, 0.15) is 0 Å². The number of benzene rings is 6. The fourth-order valence-electron chi connectivity index (χ4n) is 7.83. The predicted molar refractivity (Wildman–Crippen MR) is 197 cm³/mol. The van der Waals surface area contributed by atoms with Gasteiger partial charge in [-0.15, -0.1) is 0 Å². The number of para-hydroxylation sites is 2. The van der Waals surface area contributed by atoms with Crippen molar-refractivity contribution in [1.82, 2.24) is 14.5 Å². The SMILES string of the molecule is C[Si]1(C)c2ccccc2-c2nc(-c3cccc(-n4c5ccccc5c5ccc6c7ccccc7oc6c54)c3)nc(-c3ccccc3)c21. The number of furan rings is 1. The van der Waals surface area contributed by atoms with Crippen LogP contribution in [0.3, 0.4) is 0 Å². The molecule has 0 fully saturated rings. The molecule has 47 heavy (non-hydrogen) atoms. The van der Waals surface area contributed by atoms with Crippen molar-refractivity contribution in [3.8, 4) is 39.6 Å². The molecule has 0 amide bonds. The lowest BCUT2D eigenvalue weighted by Gasteiger charge is -2.21. The highest BCUT2D eigenvalue weighted by molar-refractivity contribution is 7.04. The second-order valence-corrected chi connectivity index (χ2v) is 17.3. The maximum Gasteiger partial charge on any atom is 0.160 e. The van der Waals surface area contributed by atoms with Gasteiger partial charge in [0.25, 0.3) is 0 Å². The summed E-state index contributed by atoms with van der Waals surface area (Å²) in [6.07, 6.45) is 0. The van der Waals surface area contributed by atoms with Gasteiger partial charge in [-0.3, -0.25) is 0 Å². The minimum atomic E-state index is -2.03. The van der Waals surface area contributed by atoms with E-state index >= 15 is 0 Å². The molecule has 10 rings (SSSR count). The molecular weight excluding hydrogens is 591 g/mol. The van der Waals surface area contributed by atoms with Gasteiger partial charge in [0.15, 0.2) is 11.4 Å². The molecule has 0 atom stereocenters. The third kappa shape index (κ3) is 3.69. The minimum absolute atomic E-state index is 0.737. The Kier molecular flexibility index (Phi) is 5.41. The molecule has 222 valence electrons. The van der Waals surface area contributed by atoms with Crippen molar-refractivity contribution in [2.45, 2.75) is 13.1 Å². The number of hydrogen-bond acceptors (Lipinski definition) is 3. The summed E-state index contributed by atoms with van der Waals surface area (Å²) >= 11 is 0. The summed E-state index contributed by atoms with van der Waals surface area (Å²) in [5.74, 6) is 0.737. The second-order valence-electron chi connectivity index (χ2n) is 13.0. The third-order valence-electron chi connectivity index (χ3n) is 9.98. The molecule has 9 aromatic rings. The van der Waals surface area contributed by atoms with E-state index in [-0.39, 0.29) is 0 Å². The Morgan fingerprint density at radius 1 is 0.574 bits per heavy atom. The van der Waals surface area contributed by atoms with E-state index < -0.39 is 8.07 Å². The first-order chi connectivity index (χ1) is 23.1. The van der Waals surface area contributed by atoms with Crippen LogP contribution in [-0.2, 0) is 0 Å². The highest BCUT2D eigenvalue weighted by Gasteiger charge is 2.41. The maximum atomic E-state index is 6.60. The summed E-state index contributed by atoms with van der Waals surface area (Å²) in [7, 11) is -2.03. The Labute approximate surface area is 272 Å². The molecule has 3 aromatic heterocycles. The molecule has 0 radical (unpaired) electrons. The molecule has 0 aliphatic carbocycles. The molecule has 0 saturated heterocycles. The largest absolute Gasteiger partial charge is 0.454 e. The number of rotatable bonds is 3. The first-order valence-electron chi connectivity index (χ1n) is 16.1. The van der Waals surface area contributed by atoms with Gasteiger partial charge in [0.1, 0.15) is 13.7 Å². The molecule has 1 aliphatic rings. The molecule has 0 N–H and O–H groups in total. The molecule has 0 bridgehead atoms. The topological polar surface area (TPSA) is 43.9 Å². The van der Waals surface area contributed by atoms with Gasteiger partial charge >= 0.3 is 0 Å². The zero-order valence-electron chi connectivity index (χ0n) is 26.0. The number of hydrogen-bond donors (Lipinski definition) is 0. The van der Waals surface area contributed by atoms with E-state index in [0.29, 0.717) is 0 Å². The van der Waals surface area contributed by atoms with Gasteiger partial charge < -0.3 is 8.98 Å². The van der Waals surface area contributed by atoms with Crippen LogP contribution in [0.25, 0.3) is 83.3 Å². The van der Waals surface area contributed by atoms with Crippen molar-refractivity contribution < 1.29 is 4.42 Å². The van der Waals surface area contributed by atoms with Crippen molar-refractivity contribution in [2.24, 2.45) is 0 Å². The Hall–Kier alpha value is -5.78. The molecule has 5 heteroatoms. The van der Waals surface area contributed by atoms with E-state index in [9.17, 15) is 0 Å². The molecular formula is C42H29N3OSi. The zero-order chi connectivity index (χ0) is 31.3. The number of fused-ring (bicyclic) bond motifs is 10. The van der Waals surface area contributed by atoms with Crippen LogP contribution in [-0.4, -0.2) is 22.6 Å². The first kappa shape index (κ1) is 26.4. The van der Waals surface area contributed by atoms with E-state index in [1.807, 2.05) is 12.1 Å². The lowest BCUT2D eigenvalue weighted by Crippen LogP contribution is -2.50. The van der Waals surface area contributed by atoms with Crippen molar-refractivity contribution in [1.29, 1.82) is 0 Å². The van der Waals surface area contributed by atoms with Crippen molar-refractivity contribution in [3.63, 3.8) is 0 Å².